The van der Waals surface area contributed by atoms with Gasteiger partial charge in [0.2, 0.25) is 11.8 Å². The van der Waals surface area contributed by atoms with Crippen LogP contribution in [0.25, 0.3) is 0 Å². The summed E-state index contributed by atoms with van der Waals surface area (Å²) in [6.07, 6.45) is 5.34. The molecule has 2 rings (SSSR count). The summed E-state index contributed by atoms with van der Waals surface area (Å²) in [5.74, 6) is -0.381. The molecule has 0 spiro atoms. The Bertz CT molecular complexity index is 449. The predicted octanol–water partition coefficient (Wildman–Crippen LogP) is 0.360. The molecule has 0 aromatic carbocycles. The van der Waals surface area contributed by atoms with Crippen molar-refractivity contribution in [2.75, 3.05) is 18.4 Å². The van der Waals surface area contributed by atoms with Crippen molar-refractivity contribution >= 4 is 17.5 Å². The zero-order chi connectivity index (χ0) is 13.7. The number of anilines is 1. The normalized spacial score (nSPS) is 19.3. The SMILES string of the molecule is NC(=O)[C@H]1CCCN1CCC(=O)Nc1cccnc1. The first-order valence-corrected chi connectivity index (χ1v) is 6.40. The molecule has 6 nitrogen and oxygen atoms in total. The number of nitrogens with one attached hydrogen (secondary N) is 1. The summed E-state index contributed by atoms with van der Waals surface area (Å²) in [4.78, 5) is 28.9. The fraction of sp³-hybridized carbons (Fsp3) is 0.462. The molecule has 19 heavy (non-hydrogen) atoms. The van der Waals surface area contributed by atoms with Gasteiger partial charge in [0.25, 0.3) is 0 Å². The average Bonchev–Trinajstić information content (AvgIpc) is 2.86. The highest BCUT2D eigenvalue weighted by molar-refractivity contribution is 5.90. The monoisotopic (exact) mass is 262 g/mol. The average molecular weight is 262 g/mol. The third-order valence-corrected chi connectivity index (χ3v) is 3.26. The van der Waals surface area contributed by atoms with E-state index in [0.717, 1.165) is 19.4 Å². The topological polar surface area (TPSA) is 88.3 Å². The van der Waals surface area contributed by atoms with Crippen molar-refractivity contribution in [3.05, 3.63) is 24.5 Å². The van der Waals surface area contributed by atoms with E-state index in [1.165, 1.54) is 0 Å². The minimum Gasteiger partial charge on any atom is -0.368 e. The van der Waals surface area contributed by atoms with E-state index in [4.69, 9.17) is 5.73 Å². The highest BCUT2D eigenvalue weighted by Crippen LogP contribution is 2.17. The Morgan fingerprint density at radius 2 is 2.37 bits per heavy atom. The molecule has 1 aliphatic rings. The lowest BCUT2D eigenvalue weighted by atomic mass is 10.2. The first-order valence-electron chi connectivity index (χ1n) is 6.40. The molecule has 1 saturated heterocycles. The number of carbonyl (C=O) groups is 2. The summed E-state index contributed by atoms with van der Waals surface area (Å²) < 4.78 is 0. The van der Waals surface area contributed by atoms with Crippen molar-refractivity contribution in [2.24, 2.45) is 5.73 Å². The van der Waals surface area contributed by atoms with Crippen molar-refractivity contribution in [3.8, 4) is 0 Å². The van der Waals surface area contributed by atoms with Crippen LogP contribution in [0, 0.1) is 0 Å². The van der Waals surface area contributed by atoms with E-state index in [0.29, 0.717) is 18.7 Å². The summed E-state index contributed by atoms with van der Waals surface area (Å²) >= 11 is 0. The molecule has 6 heteroatoms. The molecule has 1 aliphatic heterocycles. The molecule has 0 radical (unpaired) electrons. The molecule has 2 heterocycles. The van der Waals surface area contributed by atoms with Gasteiger partial charge < -0.3 is 11.1 Å². The van der Waals surface area contributed by atoms with Crippen molar-refractivity contribution in [3.63, 3.8) is 0 Å². The summed E-state index contributed by atoms with van der Waals surface area (Å²) in [6.45, 7) is 1.38. The Balaban J connectivity index is 1.79. The van der Waals surface area contributed by atoms with Crippen LogP contribution in [0.2, 0.25) is 0 Å². The maximum absolute atomic E-state index is 11.8. The lowest BCUT2D eigenvalue weighted by molar-refractivity contribution is -0.123. The highest BCUT2D eigenvalue weighted by Gasteiger charge is 2.28. The van der Waals surface area contributed by atoms with E-state index in [1.807, 2.05) is 4.90 Å². The predicted molar refractivity (Wildman–Crippen MR) is 71.3 cm³/mol. The van der Waals surface area contributed by atoms with E-state index in [2.05, 4.69) is 10.3 Å². The quantitative estimate of drug-likeness (QED) is 0.802. The minimum absolute atomic E-state index is 0.0804. The van der Waals surface area contributed by atoms with Gasteiger partial charge in [-0.1, -0.05) is 0 Å². The number of nitrogens with zero attached hydrogens (tertiary/aromatic N) is 2. The van der Waals surface area contributed by atoms with E-state index in [9.17, 15) is 9.59 Å². The molecular weight excluding hydrogens is 244 g/mol. The van der Waals surface area contributed by atoms with Crippen LogP contribution >= 0.6 is 0 Å². The second kappa shape index (κ2) is 6.29. The van der Waals surface area contributed by atoms with Gasteiger partial charge in [0.05, 0.1) is 17.9 Å². The van der Waals surface area contributed by atoms with Crippen molar-refractivity contribution in [1.29, 1.82) is 0 Å². The molecule has 0 aliphatic carbocycles. The van der Waals surface area contributed by atoms with Gasteiger partial charge in [0.15, 0.2) is 0 Å². The van der Waals surface area contributed by atoms with E-state index in [1.54, 1.807) is 24.5 Å². The van der Waals surface area contributed by atoms with Crippen LogP contribution in [0.4, 0.5) is 5.69 Å². The first kappa shape index (κ1) is 13.5. The van der Waals surface area contributed by atoms with Gasteiger partial charge in [0, 0.05) is 19.2 Å². The summed E-state index contributed by atoms with van der Waals surface area (Å²) in [7, 11) is 0. The third-order valence-electron chi connectivity index (χ3n) is 3.26. The van der Waals surface area contributed by atoms with Gasteiger partial charge in [-0.05, 0) is 31.5 Å². The first-order chi connectivity index (χ1) is 9.16. The standard InChI is InChI=1S/C13H18N4O2/c14-13(19)11-4-2-7-17(11)8-5-12(18)16-10-3-1-6-15-9-10/h1,3,6,9,11H,2,4-5,7-8H2,(H2,14,19)(H,16,18)/t11-/m1/s1. The summed E-state index contributed by atoms with van der Waals surface area (Å²) in [6, 6.07) is 3.33. The second-order valence-electron chi connectivity index (χ2n) is 4.64. The lowest BCUT2D eigenvalue weighted by Crippen LogP contribution is -2.41. The molecule has 1 aromatic rings. The molecular formula is C13H18N4O2. The number of hydrogen-bond donors (Lipinski definition) is 2. The van der Waals surface area contributed by atoms with E-state index < -0.39 is 0 Å². The number of pyridine rings is 1. The van der Waals surface area contributed by atoms with Crippen LogP contribution in [0.15, 0.2) is 24.5 Å². The van der Waals surface area contributed by atoms with Crippen LogP contribution in [0.3, 0.4) is 0 Å². The Kier molecular flexibility index (Phi) is 4.46. The number of likely N-dealkylation sites (tertiary alicyclic amines) is 1. The van der Waals surface area contributed by atoms with Gasteiger partial charge in [-0.2, -0.15) is 0 Å². The summed E-state index contributed by atoms with van der Waals surface area (Å²) in [5, 5.41) is 2.77. The molecule has 0 unspecified atom stereocenters. The largest absolute Gasteiger partial charge is 0.368 e. The fourth-order valence-electron chi connectivity index (χ4n) is 2.32. The molecule has 1 atom stereocenters. The second-order valence-corrected chi connectivity index (χ2v) is 4.64. The van der Waals surface area contributed by atoms with Crippen molar-refractivity contribution in [1.82, 2.24) is 9.88 Å². The summed E-state index contributed by atoms with van der Waals surface area (Å²) in [5.41, 5.74) is 6.01. The molecule has 1 aromatic heterocycles. The number of rotatable bonds is 5. The highest BCUT2D eigenvalue weighted by atomic mass is 16.2. The zero-order valence-electron chi connectivity index (χ0n) is 10.7. The number of nitrogens with two attached hydrogens (primary N) is 1. The van der Waals surface area contributed by atoms with E-state index in [-0.39, 0.29) is 17.9 Å². The van der Waals surface area contributed by atoms with Gasteiger partial charge in [-0.3, -0.25) is 19.5 Å². The smallest absolute Gasteiger partial charge is 0.234 e. The Labute approximate surface area is 112 Å². The lowest BCUT2D eigenvalue weighted by Gasteiger charge is -2.21. The van der Waals surface area contributed by atoms with Crippen molar-refractivity contribution in [2.45, 2.75) is 25.3 Å². The van der Waals surface area contributed by atoms with Crippen LogP contribution in [0.1, 0.15) is 19.3 Å². The third kappa shape index (κ3) is 3.75. The van der Waals surface area contributed by atoms with Crippen LogP contribution < -0.4 is 11.1 Å². The number of primary amides is 1. The Morgan fingerprint density at radius 1 is 1.53 bits per heavy atom. The van der Waals surface area contributed by atoms with Crippen LogP contribution in [-0.2, 0) is 9.59 Å². The van der Waals surface area contributed by atoms with Gasteiger partial charge in [-0.25, -0.2) is 0 Å². The minimum atomic E-state index is -0.301. The number of carbonyl (C=O) groups excluding carboxylic acids is 2. The molecule has 0 bridgehead atoms. The molecule has 102 valence electrons. The van der Waals surface area contributed by atoms with Crippen molar-refractivity contribution < 1.29 is 9.59 Å². The Morgan fingerprint density at radius 3 is 3.05 bits per heavy atom. The number of hydrogen-bond acceptors (Lipinski definition) is 4. The van der Waals surface area contributed by atoms with Gasteiger partial charge >= 0.3 is 0 Å². The van der Waals surface area contributed by atoms with Crippen LogP contribution in [-0.4, -0.2) is 40.8 Å². The molecule has 2 amide bonds. The molecule has 1 fully saturated rings. The molecule has 0 saturated carbocycles. The Hall–Kier alpha value is -1.95. The zero-order valence-corrected chi connectivity index (χ0v) is 10.7. The van der Waals surface area contributed by atoms with Crippen LogP contribution in [0.5, 0.6) is 0 Å². The molecule has 3 N–H and O–H groups in total. The van der Waals surface area contributed by atoms with Gasteiger partial charge in [-0.15, -0.1) is 0 Å². The maximum Gasteiger partial charge on any atom is 0.234 e. The fourth-order valence-corrected chi connectivity index (χ4v) is 2.32. The van der Waals surface area contributed by atoms with E-state index >= 15 is 0 Å². The number of aromatic nitrogens is 1. The maximum atomic E-state index is 11.8. The van der Waals surface area contributed by atoms with Gasteiger partial charge in [0.1, 0.15) is 0 Å². The number of amides is 2.